The van der Waals surface area contributed by atoms with Crippen LogP contribution >= 0.6 is 11.6 Å². The number of hydrogen-bond donors (Lipinski definition) is 1. The lowest BCUT2D eigenvalue weighted by atomic mass is 10.0. The Hall–Kier alpha value is -3.78. The third kappa shape index (κ3) is 5.49. The number of alkyl halides is 3. The molecule has 0 fully saturated rings. The van der Waals surface area contributed by atoms with Crippen LogP contribution < -0.4 is 4.74 Å². The molecule has 0 amide bonds. The zero-order chi connectivity index (χ0) is 25.2. The second-order valence-corrected chi connectivity index (χ2v) is 8.12. The molecule has 1 aromatic heterocycles. The fraction of sp³-hybridized carbons (Fsp3) is 0.115. The van der Waals surface area contributed by atoms with Gasteiger partial charge >= 0.3 is 12.1 Å². The van der Waals surface area contributed by atoms with Crippen molar-refractivity contribution in [3.63, 3.8) is 0 Å². The number of ether oxygens (including phenoxy) is 1. The highest BCUT2D eigenvalue weighted by Gasteiger charge is 2.35. The van der Waals surface area contributed by atoms with Gasteiger partial charge in [-0.05, 0) is 60.2 Å². The summed E-state index contributed by atoms with van der Waals surface area (Å²) in [5.74, 6) is -1.61. The summed E-state index contributed by atoms with van der Waals surface area (Å²) in [6.45, 7) is -0.0469. The normalized spacial score (nSPS) is 11.5. The van der Waals surface area contributed by atoms with E-state index in [1.54, 1.807) is 29.0 Å². The van der Waals surface area contributed by atoms with Gasteiger partial charge in [-0.3, -0.25) is 0 Å². The van der Waals surface area contributed by atoms with Gasteiger partial charge in [0.05, 0.1) is 16.1 Å². The molecule has 0 atom stereocenters. The molecule has 3 aromatic carbocycles. The Kier molecular flexibility index (Phi) is 6.84. The largest absolute Gasteiger partial charge is 0.489 e. The quantitative estimate of drug-likeness (QED) is 0.272. The first-order chi connectivity index (χ1) is 16.6. The van der Waals surface area contributed by atoms with Crippen molar-refractivity contribution in [2.24, 2.45) is 0 Å². The van der Waals surface area contributed by atoms with Gasteiger partial charge in [0.15, 0.2) is 0 Å². The summed E-state index contributed by atoms with van der Waals surface area (Å²) in [4.78, 5) is 11.5. The van der Waals surface area contributed by atoms with Gasteiger partial charge in [0, 0.05) is 29.6 Å². The minimum atomic E-state index is -4.63. The molecule has 0 radical (unpaired) electrons. The van der Waals surface area contributed by atoms with Crippen LogP contribution in [0.3, 0.4) is 0 Å². The summed E-state index contributed by atoms with van der Waals surface area (Å²) in [5.41, 5.74) is 0.471. The van der Waals surface area contributed by atoms with Crippen LogP contribution in [0.4, 0.5) is 17.6 Å². The second kappa shape index (κ2) is 9.84. The molecule has 0 spiro atoms. The van der Waals surface area contributed by atoms with Crippen molar-refractivity contribution in [2.45, 2.75) is 19.2 Å². The average Bonchev–Trinajstić information content (AvgIpc) is 3.27. The standard InChI is InChI=1S/C26H18ClF4NO3/c27-23-11-10-19(14-21(23)25(33)34)32-12-2-3-18(32)13-20-22(26(29,30)31)4-1-5-24(20)35-15-16-6-8-17(28)9-7-16/h1-12,14H,13,15H2,(H,33,34). The Morgan fingerprint density at radius 3 is 2.43 bits per heavy atom. The van der Waals surface area contributed by atoms with Crippen LogP contribution in [0, 0.1) is 5.82 Å². The highest BCUT2D eigenvalue weighted by atomic mass is 35.5. The predicted molar refractivity (Wildman–Crippen MR) is 123 cm³/mol. The summed E-state index contributed by atoms with van der Waals surface area (Å²) >= 11 is 5.96. The molecule has 0 unspecified atom stereocenters. The SMILES string of the molecule is O=C(O)c1cc(-n2cccc2Cc2c(OCc3ccc(F)cc3)cccc2C(F)(F)F)ccc1Cl. The summed E-state index contributed by atoms with van der Waals surface area (Å²) in [5, 5.41) is 9.42. The highest BCUT2D eigenvalue weighted by Crippen LogP contribution is 2.38. The van der Waals surface area contributed by atoms with Gasteiger partial charge in [-0.1, -0.05) is 29.8 Å². The Morgan fingerprint density at radius 2 is 1.74 bits per heavy atom. The number of benzene rings is 3. The van der Waals surface area contributed by atoms with Crippen LogP contribution in [0.25, 0.3) is 5.69 Å². The number of hydrogen-bond acceptors (Lipinski definition) is 2. The van der Waals surface area contributed by atoms with Gasteiger partial charge in [0.1, 0.15) is 18.2 Å². The van der Waals surface area contributed by atoms with Crippen molar-refractivity contribution < 1.29 is 32.2 Å². The smallest absolute Gasteiger partial charge is 0.416 e. The number of aromatic carboxylic acids is 1. The Balaban J connectivity index is 1.71. The molecule has 180 valence electrons. The van der Waals surface area contributed by atoms with Crippen molar-refractivity contribution in [3.8, 4) is 11.4 Å². The third-order valence-corrected chi connectivity index (χ3v) is 5.73. The number of nitrogens with zero attached hydrogens (tertiary/aromatic N) is 1. The van der Waals surface area contributed by atoms with E-state index in [4.69, 9.17) is 16.3 Å². The van der Waals surface area contributed by atoms with Crippen LogP contribution in [0.1, 0.15) is 32.7 Å². The number of carboxylic acid groups (broad SMARTS) is 1. The second-order valence-electron chi connectivity index (χ2n) is 7.71. The van der Waals surface area contributed by atoms with Gasteiger partial charge in [-0.2, -0.15) is 13.2 Å². The van der Waals surface area contributed by atoms with Crippen molar-refractivity contribution in [1.29, 1.82) is 0 Å². The van der Waals surface area contributed by atoms with Crippen LogP contribution in [0.2, 0.25) is 5.02 Å². The molecule has 4 aromatic rings. The monoisotopic (exact) mass is 503 g/mol. The summed E-state index contributed by atoms with van der Waals surface area (Å²) < 4.78 is 62.2. The summed E-state index contributed by atoms with van der Waals surface area (Å²) in [6, 6.07) is 16.8. The topological polar surface area (TPSA) is 51.5 Å². The number of carbonyl (C=O) groups is 1. The maximum absolute atomic E-state index is 13.9. The van der Waals surface area contributed by atoms with Gasteiger partial charge < -0.3 is 14.4 Å². The molecular formula is C26H18ClF4NO3. The lowest BCUT2D eigenvalue weighted by Gasteiger charge is -2.19. The summed E-state index contributed by atoms with van der Waals surface area (Å²) in [6.07, 6.45) is -3.15. The highest BCUT2D eigenvalue weighted by molar-refractivity contribution is 6.33. The number of halogens is 5. The molecular weight excluding hydrogens is 486 g/mol. The minimum Gasteiger partial charge on any atom is -0.489 e. The van der Waals surface area contributed by atoms with E-state index in [1.165, 1.54) is 48.5 Å². The van der Waals surface area contributed by atoms with E-state index in [9.17, 15) is 27.5 Å². The zero-order valence-corrected chi connectivity index (χ0v) is 18.8. The molecule has 0 bridgehead atoms. The van der Waals surface area contributed by atoms with E-state index >= 15 is 0 Å². The lowest BCUT2D eigenvalue weighted by molar-refractivity contribution is -0.138. The van der Waals surface area contributed by atoms with E-state index in [1.807, 2.05) is 0 Å². The van der Waals surface area contributed by atoms with Crippen molar-refractivity contribution >= 4 is 17.6 Å². The zero-order valence-electron chi connectivity index (χ0n) is 18.0. The Morgan fingerprint density at radius 1 is 1.00 bits per heavy atom. The molecule has 0 aliphatic heterocycles. The first-order valence-electron chi connectivity index (χ1n) is 10.4. The van der Waals surface area contributed by atoms with Gasteiger partial charge in [-0.15, -0.1) is 0 Å². The van der Waals surface area contributed by atoms with Crippen molar-refractivity contribution in [1.82, 2.24) is 4.57 Å². The lowest BCUT2D eigenvalue weighted by Crippen LogP contribution is -2.13. The minimum absolute atomic E-state index is 0.0410. The Bertz CT molecular complexity index is 1360. The van der Waals surface area contributed by atoms with E-state index in [-0.39, 0.29) is 34.9 Å². The van der Waals surface area contributed by atoms with E-state index in [0.717, 1.165) is 6.07 Å². The maximum Gasteiger partial charge on any atom is 0.416 e. The first-order valence-corrected chi connectivity index (χ1v) is 10.8. The molecule has 0 aliphatic carbocycles. The van der Waals surface area contributed by atoms with Gasteiger partial charge in [0.25, 0.3) is 0 Å². The van der Waals surface area contributed by atoms with E-state index in [0.29, 0.717) is 16.9 Å². The van der Waals surface area contributed by atoms with Crippen LogP contribution in [0.15, 0.2) is 79.0 Å². The molecule has 0 saturated carbocycles. The van der Waals surface area contributed by atoms with Crippen LogP contribution in [0.5, 0.6) is 5.75 Å². The Labute approximate surface area is 203 Å². The molecule has 35 heavy (non-hydrogen) atoms. The van der Waals surface area contributed by atoms with E-state index in [2.05, 4.69) is 0 Å². The van der Waals surface area contributed by atoms with Gasteiger partial charge in [-0.25, -0.2) is 9.18 Å². The predicted octanol–water partition coefficient (Wildman–Crippen LogP) is 7.16. The number of aromatic nitrogens is 1. The fourth-order valence-electron chi connectivity index (χ4n) is 3.71. The van der Waals surface area contributed by atoms with Crippen molar-refractivity contribution in [2.75, 3.05) is 0 Å². The molecule has 4 rings (SSSR count). The molecule has 1 heterocycles. The molecule has 0 saturated heterocycles. The third-order valence-electron chi connectivity index (χ3n) is 5.40. The van der Waals surface area contributed by atoms with Gasteiger partial charge in [0.2, 0.25) is 0 Å². The fourth-order valence-corrected chi connectivity index (χ4v) is 3.91. The average molecular weight is 504 g/mol. The maximum atomic E-state index is 13.9. The number of rotatable bonds is 7. The van der Waals surface area contributed by atoms with Crippen LogP contribution in [-0.4, -0.2) is 15.6 Å². The van der Waals surface area contributed by atoms with Crippen LogP contribution in [-0.2, 0) is 19.2 Å². The molecule has 4 nitrogen and oxygen atoms in total. The molecule has 0 aliphatic rings. The molecule has 9 heteroatoms. The first kappa shape index (κ1) is 24.3. The summed E-state index contributed by atoms with van der Waals surface area (Å²) in [7, 11) is 0. The molecule has 1 N–H and O–H groups in total. The van der Waals surface area contributed by atoms with Crippen molar-refractivity contribution in [3.05, 3.63) is 118 Å². The van der Waals surface area contributed by atoms with E-state index < -0.39 is 23.5 Å². The number of carboxylic acids is 1.